The van der Waals surface area contributed by atoms with Gasteiger partial charge in [-0.3, -0.25) is 4.79 Å². The molecule has 0 aromatic heterocycles. The SMILES string of the molecule is CC(NCc1cc(Cl)ccc1OCC(=O)NC(C)(C)C)C(O)c1ccccc1.Cl. The van der Waals surface area contributed by atoms with E-state index in [4.69, 9.17) is 16.3 Å². The number of hydrogen-bond acceptors (Lipinski definition) is 4. The van der Waals surface area contributed by atoms with E-state index in [-0.39, 0.29) is 36.5 Å². The average molecular weight is 441 g/mol. The third-order valence-electron chi connectivity index (χ3n) is 4.12. The van der Waals surface area contributed by atoms with Crippen LogP contribution in [0.3, 0.4) is 0 Å². The van der Waals surface area contributed by atoms with Gasteiger partial charge in [0.1, 0.15) is 5.75 Å². The lowest BCUT2D eigenvalue weighted by atomic mass is 10.0. The lowest BCUT2D eigenvalue weighted by Crippen LogP contribution is -2.43. The van der Waals surface area contributed by atoms with Gasteiger partial charge >= 0.3 is 0 Å². The Kier molecular flexibility index (Phi) is 9.93. The first-order valence-electron chi connectivity index (χ1n) is 9.34. The van der Waals surface area contributed by atoms with Crippen molar-refractivity contribution in [3.8, 4) is 5.75 Å². The maximum absolute atomic E-state index is 12.0. The number of benzene rings is 2. The molecule has 0 bridgehead atoms. The van der Waals surface area contributed by atoms with Crippen molar-refractivity contribution in [1.82, 2.24) is 10.6 Å². The van der Waals surface area contributed by atoms with Crippen LogP contribution >= 0.6 is 24.0 Å². The Labute approximate surface area is 184 Å². The summed E-state index contributed by atoms with van der Waals surface area (Å²) in [6.07, 6.45) is -0.637. The molecule has 0 aliphatic heterocycles. The van der Waals surface area contributed by atoms with E-state index >= 15 is 0 Å². The van der Waals surface area contributed by atoms with Crippen LogP contribution in [0.15, 0.2) is 48.5 Å². The molecule has 29 heavy (non-hydrogen) atoms. The number of halogens is 2. The highest BCUT2D eigenvalue weighted by molar-refractivity contribution is 6.30. The van der Waals surface area contributed by atoms with Crippen molar-refractivity contribution in [3.63, 3.8) is 0 Å². The first-order valence-corrected chi connectivity index (χ1v) is 9.72. The number of aliphatic hydroxyl groups excluding tert-OH is 1. The Balaban J connectivity index is 0.00000420. The lowest BCUT2D eigenvalue weighted by Gasteiger charge is -2.22. The maximum Gasteiger partial charge on any atom is 0.258 e. The fraction of sp³-hybridized carbons (Fsp3) is 0.409. The zero-order valence-electron chi connectivity index (χ0n) is 17.2. The minimum absolute atomic E-state index is 0. The van der Waals surface area contributed by atoms with E-state index in [2.05, 4.69) is 10.6 Å². The third kappa shape index (κ3) is 8.62. The largest absolute Gasteiger partial charge is 0.483 e. The fourth-order valence-corrected chi connectivity index (χ4v) is 2.94. The van der Waals surface area contributed by atoms with Gasteiger partial charge in [0, 0.05) is 28.7 Å². The molecule has 2 aromatic rings. The zero-order valence-corrected chi connectivity index (χ0v) is 18.8. The van der Waals surface area contributed by atoms with Crippen molar-refractivity contribution < 1.29 is 14.6 Å². The third-order valence-corrected chi connectivity index (χ3v) is 4.36. The standard InChI is InChI=1S/C22H29ClN2O3.ClH/c1-15(21(27)16-8-6-5-7-9-16)24-13-17-12-18(23)10-11-19(17)28-14-20(26)25-22(2,3)4;/h5-12,15,21,24,27H,13-14H2,1-4H3,(H,25,26);1H. The van der Waals surface area contributed by atoms with Gasteiger partial charge in [0.2, 0.25) is 0 Å². The summed E-state index contributed by atoms with van der Waals surface area (Å²) >= 11 is 6.13. The molecular weight excluding hydrogens is 411 g/mol. The van der Waals surface area contributed by atoms with E-state index in [1.54, 1.807) is 18.2 Å². The Morgan fingerprint density at radius 3 is 2.45 bits per heavy atom. The molecule has 0 spiro atoms. The Morgan fingerprint density at radius 1 is 1.17 bits per heavy atom. The van der Waals surface area contributed by atoms with Crippen LogP contribution in [-0.4, -0.2) is 29.2 Å². The van der Waals surface area contributed by atoms with Gasteiger partial charge in [-0.15, -0.1) is 12.4 Å². The van der Waals surface area contributed by atoms with Crippen LogP contribution in [0.25, 0.3) is 0 Å². The maximum atomic E-state index is 12.0. The van der Waals surface area contributed by atoms with Gasteiger partial charge < -0.3 is 20.5 Å². The number of ether oxygens (including phenoxy) is 1. The predicted octanol–water partition coefficient (Wildman–Crippen LogP) is 4.27. The molecule has 0 heterocycles. The molecule has 2 unspecified atom stereocenters. The van der Waals surface area contributed by atoms with Crippen molar-refractivity contribution >= 4 is 29.9 Å². The molecule has 0 fully saturated rings. The number of rotatable bonds is 8. The minimum atomic E-state index is -0.637. The van der Waals surface area contributed by atoms with E-state index in [9.17, 15) is 9.90 Å². The first-order chi connectivity index (χ1) is 13.2. The van der Waals surface area contributed by atoms with E-state index < -0.39 is 6.10 Å². The van der Waals surface area contributed by atoms with Gasteiger partial charge in [0.15, 0.2) is 6.61 Å². The zero-order chi connectivity index (χ0) is 20.7. The van der Waals surface area contributed by atoms with Gasteiger partial charge in [0.25, 0.3) is 5.91 Å². The van der Waals surface area contributed by atoms with Crippen molar-refractivity contribution in [1.29, 1.82) is 0 Å². The molecule has 2 rings (SSSR count). The Morgan fingerprint density at radius 2 is 1.83 bits per heavy atom. The molecule has 0 aliphatic carbocycles. The van der Waals surface area contributed by atoms with E-state index in [0.29, 0.717) is 17.3 Å². The van der Waals surface area contributed by atoms with Crippen LogP contribution in [0, 0.1) is 0 Å². The average Bonchev–Trinajstić information content (AvgIpc) is 2.64. The highest BCUT2D eigenvalue weighted by atomic mass is 35.5. The number of carbonyl (C=O) groups is 1. The fourth-order valence-electron chi connectivity index (χ4n) is 2.75. The number of nitrogens with one attached hydrogen (secondary N) is 2. The second-order valence-electron chi connectivity index (χ2n) is 7.86. The summed E-state index contributed by atoms with van der Waals surface area (Å²) in [5.41, 5.74) is 1.36. The predicted molar refractivity (Wildman–Crippen MR) is 120 cm³/mol. The van der Waals surface area contributed by atoms with Gasteiger partial charge in [0.05, 0.1) is 6.10 Å². The highest BCUT2D eigenvalue weighted by Gasteiger charge is 2.17. The van der Waals surface area contributed by atoms with Gasteiger partial charge in [-0.1, -0.05) is 41.9 Å². The van der Waals surface area contributed by atoms with Crippen LogP contribution in [0.1, 0.15) is 44.9 Å². The van der Waals surface area contributed by atoms with Gasteiger partial charge in [-0.25, -0.2) is 0 Å². The molecular formula is C22H30Cl2N2O3. The monoisotopic (exact) mass is 440 g/mol. The van der Waals surface area contributed by atoms with E-state index in [0.717, 1.165) is 11.1 Å². The Hall–Kier alpha value is -1.79. The summed E-state index contributed by atoms with van der Waals surface area (Å²) in [4.78, 5) is 12.0. The van der Waals surface area contributed by atoms with Crippen molar-refractivity contribution in [2.24, 2.45) is 0 Å². The number of amides is 1. The molecule has 7 heteroatoms. The van der Waals surface area contributed by atoms with Crippen LogP contribution in [0.5, 0.6) is 5.75 Å². The van der Waals surface area contributed by atoms with Crippen LogP contribution in [0.4, 0.5) is 0 Å². The second kappa shape index (κ2) is 11.4. The summed E-state index contributed by atoms with van der Waals surface area (Å²) < 4.78 is 5.70. The molecule has 160 valence electrons. The highest BCUT2D eigenvalue weighted by Crippen LogP contribution is 2.24. The van der Waals surface area contributed by atoms with Crippen molar-refractivity contribution in [3.05, 3.63) is 64.7 Å². The summed E-state index contributed by atoms with van der Waals surface area (Å²) in [5, 5.41) is 17.3. The molecule has 2 aromatic carbocycles. The second-order valence-corrected chi connectivity index (χ2v) is 8.30. The number of aliphatic hydroxyl groups is 1. The smallest absolute Gasteiger partial charge is 0.258 e. The minimum Gasteiger partial charge on any atom is -0.483 e. The normalized spacial score (nSPS) is 13.2. The number of carbonyl (C=O) groups excluding carboxylic acids is 1. The van der Waals surface area contributed by atoms with Crippen molar-refractivity contribution in [2.45, 2.75) is 51.9 Å². The molecule has 0 aliphatic rings. The molecule has 0 saturated carbocycles. The summed E-state index contributed by atoms with van der Waals surface area (Å²) in [6.45, 7) is 8.04. The van der Waals surface area contributed by atoms with Gasteiger partial charge in [-0.05, 0) is 51.5 Å². The van der Waals surface area contributed by atoms with Gasteiger partial charge in [-0.2, -0.15) is 0 Å². The molecule has 2 atom stereocenters. The summed E-state index contributed by atoms with van der Waals surface area (Å²) in [6, 6.07) is 14.6. The van der Waals surface area contributed by atoms with Crippen molar-refractivity contribution in [2.75, 3.05) is 6.61 Å². The van der Waals surface area contributed by atoms with E-state index in [1.807, 2.05) is 58.0 Å². The van der Waals surface area contributed by atoms with Crippen LogP contribution < -0.4 is 15.4 Å². The molecule has 0 saturated heterocycles. The molecule has 1 amide bonds. The molecule has 5 nitrogen and oxygen atoms in total. The van der Waals surface area contributed by atoms with E-state index in [1.165, 1.54) is 0 Å². The molecule has 3 N–H and O–H groups in total. The van der Waals surface area contributed by atoms with Crippen LogP contribution in [-0.2, 0) is 11.3 Å². The topological polar surface area (TPSA) is 70.6 Å². The summed E-state index contributed by atoms with van der Waals surface area (Å²) in [5.74, 6) is 0.400. The first kappa shape index (κ1) is 25.2. The number of hydrogen-bond donors (Lipinski definition) is 3. The molecule has 0 radical (unpaired) electrons. The lowest BCUT2D eigenvalue weighted by molar-refractivity contribution is -0.124. The summed E-state index contributed by atoms with van der Waals surface area (Å²) in [7, 11) is 0. The quantitative estimate of drug-likeness (QED) is 0.573. The van der Waals surface area contributed by atoms with Crippen LogP contribution in [0.2, 0.25) is 5.02 Å². The Bertz CT molecular complexity index is 779.